The molecule has 6 nitrogen and oxygen atoms in total. The molecule has 0 aliphatic carbocycles. The van der Waals surface area contributed by atoms with Gasteiger partial charge in [0, 0.05) is 44.9 Å². The molecule has 30 heavy (non-hydrogen) atoms. The van der Waals surface area contributed by atoms with Gasteiger partial charge in [-0.2, -0.15) is 0 Å². The molecule has 2 aromatic heterocycles. The van der Waals surface area contributed by atoms with Gasteiger partial charge in [0.05, 0.1) is 11.6 Å². The Kier molecular flexibility index (Phi) is 6.42. The molecule has 1 unspecified atom stereocenters. The smallest absolute Gasteiger partial charge is 0.224 e. The van der Waals surface area contributed by atoms with Crippen molar-refractivity contribution in [3.63, 3.8) is 0 Å². The van der Waals surface area contributed by atoms with Gasteiger partial charge in [-0.3, -0.25) is 9.59 Å². The lowest BCUT2D eigenvalue weighted by Gasteiger charge is -2.32. The quantitative estimate of drug-likeness (QED) is 0.628. The third-order valence-corrected chi connectivity index (χ3v) is 5.70. The summed E-state index contributed by atoms with van der Waals surface area (Å²) in [6, 6.07) is 16.2. The van der Waals surface area contributed by atoms with Crippen molar-refractivity contribution in [2.24, 2.45) is 5.92 Å². The second-order valence-electron chi connectivity index (χ2n) is 7.90. The number of amides is 2. The van der Waals surface area contributed by atoms with Crippen molar-refractivity contribution in [1.82, 2.24) is 19.6 Å². The van der Waals surface area contributed by atoms with Gasteiger partial charge < -0.3 is 14.6 Å². The van der Waals surface area contributed by atoms with E-state index in [9.17, 15) is 9.59 Å². The number of benzene rings is 1. The summed E-state index contributed by atoms with van der Waals surface area (Å²) in [6.07, 6.45) is 7.60. The summed E-state index contributed by atoms with van der Waals surface area (Å²) < 4.78 is 1.98. The highest BCUT2D eigenvalue weighted by Gasteiger charge is 2.29. The summed E-state index contributed by atoms with van der Waals surface area (Å²) in [5.74, 6) is 0.0802. The zero-order chi connectivity index (χ0) is 20.8. The number of piperidine rings is 1. The summed E-state index contributed by atoms with van der Waals surface area (Å²) in [6.45, 7) is 1.79. The standard InChI is InChI=1S/C24H28N4O2/c29-23-12-11-20(17-28(23)16-6-9-19-7-2-1-3-8-19)24(30)25-14-13-21-18-27-15-5-4-10-22(27)26-21/h1-5,7-8,10,15,18,20H,6,9,11-14,16-17H2,(H,25,30). The summed E-state index contributed by atoms with van der Waals surface area (Å²) in [4.78, 5) is 31.3. The van der Waals surface area contributed by atoms with Crippen LogP contribution >= 0.6 is 0 Å². The molecule has 0 spiro atoms. The highest BCUT2D eigenvalue weighted by molar-refractivity contribution is 5.83. The van der Waals surface area contributed by atoms with Crippen LogP contribution in [0.4, 0.5) is 0 Å². The molecular weight excluding hydrogens is 376 g/mol. The first-order chi connectivity index (χ1) is 14.7. The SMILES string of the molecule is O=C(NCCc1cn2ccccc2n1)C1CCC(=O)N(CCCc2ccccc2)C1. The molecule has 1 fully saturated rings. The molecule has 3 heterocycles. The summed E-state index contributed by atoms with van der Waals surface area (Å²) >= 11 is 0. The minimum Gasteiger partial charge on any atom is -0.355 e. The fraction of sp³-hybridized carbons (Fsp3) is 0.375. The van der Waals surface area contributed by atoms with Crippen LogP contribution in [0, 0.1) is 5.92 Å². The van der Waals surface area contributed by atoms with E-state index in [2.05, 4.69) is 22.4 Å². The Bertz CT molecular complexity index is 966. The van der Waals surface area contributed by atoms with Gasteiger partial charge in [-0.1, -0.05) is 36.4 Å². The Morgan fingerprint density at radius 2 is 1.93 bits per heavy atom. The predicted octanol–water partition coefficient (Wildman–Crippen LogP) is 2.86. The molecule has 1 N–H and O–H groups in total. The first kappa shape index (κ1) is 20.1. The van der Waals surface area contributed by atoms with E-state index >= 15 is 0 Å². The van der Waals surface area contributed by atoms with E-state index in [0.717, 1.165) is 24.2 Å². The Morgan fingerprint density at radius 3 is 2.77 bits per heavy atom. The molecule has 1 atom stereocenters. The summed E-state index contributed by atoms with van der Waals surface area (Å²) in [7, 11) is 0. The van der Waals surface area contributed by atoms with Crippen molar-refractivity contribution in [1.29, 1.82) is 0 Å². The van der Waals surface area contributed by atoms with E-state index in [-0.39, 0.29) is 17.7 Å². The second-order valence-corrected chi connectivity index (χ2v) is 7.90. The molecule has 2 amide bonds. The Morgan fingerprint density at radius 1 is 1.10 bits per heavy atom. The number of fused-ring (bicyclic) bond motifs is 1. The summed E-state index contributed by atoms with van der Waals surface area (Å²) in [5.41, 5.74) is 3.15. The van der Waals surface area contributed by atoms with Gasteiger partial charge >= 0.3 is 0 Å². The lowest BCUT2D eigenvalue weighted by molar-refractivity contribution is -0.138. The molecule has 0 radical (unpaired) electrons. The molecule has 1 saturated heterocycles. The largest absolute Gasteiger partial charge is 0.355 e. The van der Waals surface area contributed by atoms with Gasteiger partial charge in [-0.05, 0) is 37.0 Å². The number of aryl methyl sites for hydroxylation is 1. The molecule has 156 valence electrons. The number of pyridine rings is 1. The number of hydrogen-bond acceptors (Lipinski definition) is 3. The number of carbonyl (C=O) groups is 2. The summed E-state index contributed by atoms with van der Waals surface area (Å²) in [5, 5.41) is 3.04. The van der Waals surface area contributed by atoms with E-state index in [1.807, 2.05) is 58.1 Å². The molecular formula is C24H28N4O2. The van der Waals surface area contributed by atoms with E-state index in [0.29, 0.717) is 38.9 Å². The monoisotopic (exact) mass is 404 g/mol. The van der Waals surface area contributed by atoms with Gasteiger partial charge in [-0.15, -0.1) is 0 Å². The third kappa shape index (κ3) is 5.06. The minimum atomic E-state index is -0.125. The number of hydrogen-bond donors (Lipinski definition) is 1. The van der Waals surface area contributed by atoms with E-state index in [1.165, 1.54) is 5.56 Å². The second kappa shape index (κ2) is 9.57. The molecule has 0 bridgehead atoms. The van der Waals surface area contributed by atoms with Crippen molar-refractivity contribution in [2.75, 3.05) is 19.6 Å². The number of carbonyl (C=O) groups excluding carboxylic acids is 2. The Labute approximate surface area is 176 Å². The van der Waals surface area contributed by atoms with Crippen LogP contribution in [0.15, 0.2) is 60.9 Å². The first-order valence-corrected chi connectivity index (χ1v) is 10.7. The van der Waals surface area contributed by atoms with Gasteiger partial charge in [0.2, 0.25) is 11.8 Å². The zero-order valence-corrected chi connectivity index (χ0v) is 17.2. The van der Waals surface area contributed by atoms with Crippen LogP contribution in [0.1, 0.15) is 30.5 Å². The van der Waals surface area contributed by atoms with Crippen LogP contribution in [-0.4, -0.2) is 45.7 Å². The van der Waals surface area contributed by atoms with Crippen molar-refractivity contribution < 1.29 is 9.59 Å². The fourth-order valence-corrected chi connectivity index (χ4v) is 4.03. The van der Waals surface area contributed by atoms with Gasteiger partial charge in [0.25, 0.3) is 0 Å². The maximum absolute atomic E-state index is 12.6. The van der Waals surface area contributed by atoms with Crippen LogP contribution in [0.2, 0.25) is 0 Å². The highest BCUT2D eigenvalue weighted by atomic mass is 16.2. The first-order valence-electron chi connectivity index (χ1n) is 10.7. The van der Waals surface area contributed by atoms with Crippen molar-refractivity contribution in [3.05, 3.63) is 72.2 Å². The number of nitrogens with zero attached hydrogens (tertiary/aromatic N) is 3. The average molecular weight is 405 g/mol. The zero-order valence-electron chi connectivity index (χ0n) is 17.2. The van der Waals surface area contributed by atoms with Crippen molar-refractivity contribution >= 4 is 17.5 Å². The van der Waals surface area contributed by atoms with E-state index < -0.39 is 0 Å². The molecule has 1 aliphatic heterocycles. The van der Waals surface area contributed by atoms with Crippen molar-refractivity contribution in [2.45, 2.75) is 32.1 Å². The van der Waals surface area contributed by atoms with E-state index in [4.69, 9.17) is 0 Å². The van der Waals surface area contributed by atoms with Gasteiger partial charge in [0.15, 0.2) is 0 Å². The number of imidazole rings is 1. The van der Waals surface area contributed by atoms with Crippen LogP contribution < -0.4 is 5.32 Å². The van der Waals surface area contributed by atoms with Crippen LogP contribution in [-0.2, 0) is 22.4 Å². The molecule has 1 aromatic carbocycles. The van der Waals surface area contributed by atoms with E-state index in [1.54, 1.807) is 0 Å². The van der Waals surface area contributed by atoms with Crippen LogP contribution in [0.3, 0.4) is 0 Å². The highest BCUT2D eigenvalue weighted by Crippen LogP contribution is 2.18. The molecule has 1 aliphatic rings. The molecule has 0 saturated carbocycles. The minimum absolute atomic E-state index is 0.0410. The van der Waals surface area contributed by atoms with Crippen LogP contribution in [0.5, 0.6) is 0 Å². The lowest BCUT2D eigenvalue weighted by Crippen LogP contribution is -2.46. The normalized spacial score (nSPS) is 16.7. The Balaban J connectivity index is 1.22. The maximum Gasteiger partial charge on any atom is 0.224 e. The maximum atomic E-state index is 12.6. The lowest BCUT2D eigenvalue weighted by atomic mass is 9.96. The predicted molar refractivity (Wildman–Crippen MR) is 116 cm³/mol. The number of likely N-dealkylation sites (tertiary alicyclic amines) is 1. The molecule has 6 heteroatoms. The van der Waals surface area contributed by atoms with Gasteiger partial charge in [0.1, 0.15) is 5.65 Å². The van der Waals surface area contributed by atoms with Gasteiger partial charge in [-0.25, -0.2) is 4.98 Å². The van der Waals surface area contributed by atoms with Crippen LogP contribution in [0.25, 0.3) is 5.65 Å². The Hall–Kier alpha value is -3.15. The third-order valence-electron chi connectivity index (χ3n) is 5.70. The fourth-order valence-electron chi connectivity index (χ4n) is 4.03. The number of rotatable bonds is 8. The topological polar surface area (TPSA) is 66.7 Å². The average Bonchev–Trinajstić information content (AvgIpc) is 3.18. The van der Waals surface area contributed by atoms with Crippen molar-refractivity contribution in [3.8, 4) is 0 Å². The number of aromatic nitrogens is 2. The molecule has 4 rings (SSSR count). The molecule has 3 aromatic rings. The number of nitrogens with one attached hydrogen (secondary N) is 1.